The summed E-state index contributed by atoms with van der Waals surface area (Å²) in [6.07, 6.45) is 3.05. The molecule has 0 unspecified atom stereocenters. The highest BCUT2D eigenvalue weighted by atomic mass is 16.5. The molecule has 0 radical (unpaired) electrons. The predicted molar refractivity (Wildman–Crippen MR) is 163 cm³/mol. The summed E-state index contributed by atoms with van der Waals surface area (Å²) < 4.78 is 5.30. The zero-order chi connectivity index (χ0) is 28.3. The summed E-state index contributed by atoms with van der Waals surface area (Å²) in [5.74, 6) is 2.58. The van der Waals surface area contributed by atoms with Crippen LogP contribution in [0.1, 0.15) is 41.3 Å². The van der Waals surface area contributed by atoms with Crippen LogP contribution in [0, 0.1) is 0 Å². The third kappa shape index (κ3) is 8.90. The number of benzene rings is 3. The first-order chi connectivity index (χ1) is 19.4. The summed E-state index contributed by atoms with van der Waals surface area (Å²) in [5.41, 5.74) is 9.70. The van der Waals surface area contributed by atoms with E-state index < -0.39 is 0 Å². The van der Waals surface area contributed by atoms with Crippen molar-refractivity contribution in [1.82, 2.24) is 16.0 Å². The number of nitrogen functional groups attached to an aromatic ring is 1. The van der Waals surface area contributed by atoms with Gasteiger partial charge in [-0.15, -0.1) is 0 Å². The highest BCUT2D eigenvalue weighted by Gasteiger charge is 2.20. The summed E-state index contributed by atoms with van der Waals surface area (Å²) in [4.78, 5) is 22.0. The Morgan fingerprint density at radius 2 is 1.80 bits per heavy atom. The number of methoxy groups -OCH3 is 1. The second kappa shape index (κ2) is 13.8. The number of nitrogens with one attached hydrogen (secondary N) is 4. The molecule has 1 aliphatic rings. The number of carbonyl (C=O) groups is 1. The predicted octanol–water partition coefficient (Wildman–Crippen LogP) is 4.45. The van der Waals surface area contributed by atoms with Crippen molar-refractivity contribution in [1.29, 1.82) is 0 Å². The van der Waals surface area contributed by atoms with Crippen LogP contribution >= 0.6 is 0 Å². The smallest absolute Gasteiger partial charge is 0.255 e. The molecule has 3 aromatic rings. The van der Waals surface area contributed by atoms with Crippen LogP contribution in [0.2, 0.25) is 0 Å². The molecule has 6 N–H and O–H groups in total. The Balaban J connectivity index is 1.35. The molecule has 1 aliphatic carbocycles. The highest BCUT2D eigenvalue weighted by molar-refractivity contribution is 6.05. The molecule has 1 fully saturated rings. The van der Waals surface area contributed by atoms with Crippen LogP contribution < -0.4 is 31.7 Å². The van der Waals surface area contributed by atoms with E-state index in [0.29, 0.717) is 47.9 Å². The summed E-state index contributed by atoms with van der Waals surface area (Å²) in [7, 11) is 1.67. The molecule has 0 bridgehead atoms. The summed E-state index contributed by atoms with van der Waals surface area (Å²) >= 11 is 0. The van der Waals surface area contributed by atoms with Gasteiger partial charge in [0.1, 0.15) is 11.6 Å². The summed E-state index contributed by atoms with van der Waals surface area (Å²) in [5, 5.41) is 12.7. The number of aliphatic imine (C=N–C) groups is 2. The van der Waals surface area contributed by atoms with Crippen molar-refractivity contribution in [3.63, 3.8) is 0 Å². The molecule has 4 rings (SSSR count). The van der Waals surface area contributed by atoms with Gasteiger partial charge in [-0.1, -0.05) is 43.0 Å². The standard InChI is InChI=1S/C31H37N7O2/c1-21(33-18-17-23-7-6-8-27(19-23)40-3)36-31(37-22(2)35-26-15-16-26)34-20-24-11-13-25(14-12-24)30(39)38-29-10-5-4-9-28(29)32/h4-14,19,26,33H,1,15-18,20,32H2,2-3H3,(H,38,39)(H2,34,35,36,37). The van der Waals surface area contributed by atoms with Gasteiger partial charge in [-0.05, 0) is 73.7 Å². The van der Waals surface area contributed by atoms with Gasteiger partial charge < -0.3 is 31.7 Å². The van der Waals surface area contributed by atoms with E-state index in [1.807, 2.05) is 49.4 Å². The van der Waals surface area contributed by atoms with E-state index in [9.17, 15) is 4.79 Å². The van der Waals surface area contributed by atoms with Gasteiger partial charge in [-0.3, -0.25) is 9.79 Å². The minimum atomic E-state index is -0.222. The molecule has 3 aromatic carbocycles. The largest absolute Gasteiger partial charge is 0.497 e. The molecule has 0 saturated heterocycles. The Hall–Kier alpha value is -4.79. The Kier molecular flexibility index (Phi) is 9.77. The van der Waals surface area contributed by atoms with Gasteiger partial charge in [0.25, 0.3) is 5.91 Å². The van der Waals surface area contributed by atoms with Crippen LogP contribution in [-0.4, -0.2) is 37.4 Å². The maximum atomic E-state index is 12.6. The van der Waals surface area contributed by atoms with E-state index in [1.54, 1.807) is 31.4 Å². The van der Waals surface area contributed by atoms with Gasteiger partial charge in [0.15, 0.2) is 0 Å². The van der Waals surface area contributed by atoms with Crippen molar-refractivity contribution in [2.45, 2.75) is 38.8 Å². The Bertz CT molecular complexity index is 1380. The SMILES string of the molecule is C=C(NCCc1cccc(OC)c1)NC(=NCc1ccc(C(=O)Nc2ccccc2N)cc1)NC(C)=NC1CC1. The number of guanidine groups is 1. The first-order valence-electron chi connectivity index (χ1n) is 13.3. The van der Waals surface area contributed by atoms with Gasteiger partial charge in [-0.2, -0.15) is 0 Å². The molecule has 0 aliphatic heterocycles. The second-order valence-corrected chi connectivity index (χ2v) is 9.61. The van der Waals surface area contributed by atoms with E-state index in [2.05, 4.69) is 38.9 Å². The molecule has 40 heavy (non-hydrogen) atoms. The molecule has 0 spiro atoms. The highest BCUT2D eigenvalue weighted by Crippen LogP contribution is 2.23. The lowest BCUT2D eigenvalue weighted by Gasteiger charge is -2.16. The lowest BCUT2D eigenvalue weighted by atomic mass is 10.1. The zero-order valence-corrected chi connectivity index (χ0v) is 23.0. The molecular weight excluding hydrogens is 502 g/mol. The lowest BCUT2D eigenvalue weighted by molar-refractivity contribution is 0.102. The molecule has 208 valence electrons. The van der Waals surface area contributed by atoms with Crippen LogP contribution in [0.3, 0.4) is 0 Å². The van der Waals surface area contributed by atoms with E-state index >= 15 is 0 Å². The monoisotopic (exact) mass is 539 g/mol. The summed E-state index contributed by atoms with van der Waals surface area (Å²) in [6, 6.07) is 22.9. The maximum absolute atomic E-state index is 12.6. The number of rotatable bonds is 11. The molecule has 0 heterocycles. The molecular formula is C31H37N7O2. The average Bonchev–Trinajstić information content (AvgIpc) is 3.77. The maximum Gasteiger partial charge on any atom is 0.255 e. The fourth-order valence-corrected chi connectivity index (χ4v) is 3.90. The Morgan fingerprint density at radius 1 is 1.02 bits per heavy atom. The van der Waals surface area contributed by atoms with Gasteiger partial charge in [0.2, 0.25) is 5.96 Å². The van der Waals surface area contributed by atoms with Crippen LogP contribution in [0.15, 0.2) is 95.2 Å². The van der Waals surface area contributed by atoms with Gasteiger partial charge >= 0.3 is 0 Å². The first-order valence-corrected chi connectivity index (χ1v) is 13.3. The number of para-hydroxylation sites is 2. The number of nitrogens with zero attached hydrogens (tertiary/aromatic N) is 2. The number of carbonyl (C=O) groups excluding carboxylic acids is 1. The van der Waals surface area contributed by atoms with Crippen LogP contribution in [0.4, 0.5) is 11.4 Å². The Morgan fingerprint density at radius 3 is 2.52 bits per heavy atom. The van der Waals surface area contributed by atoms with Crippen molar-refractivity contribution >= 4 is 29.1 Å². The number of anilines is 2. The van der Waals surface area contributed by atoms with Crippen molar-refractivity contribution < 1.29 is 9.53 Å². The molecule has 0 aromatic heterocycles. The lowest BCUT2D eigenvalue weighted by Crippen LogP contribution is -2.42. The van der Waals surface area contributed by atoms with Gasteiger partial charge in [0.05, 0.1) is 36.9 Å². The minimum absolute atomic E-state index is 0.222. The van der Waals surface area contributed by atoms with E-state index in [4.69, 9.17) is 15.5 Å². The fourth-order valence-electron chi connectivity index (χ4n) is 3.90. The number of amidine groups is 1. The molecule has 0 atom stereocenters. The zero-order valence-electron chi connectivity index (χ0n) is 23.0. The third-order valence-electron chi connectivity index (χ3n) is 6.22. The fraction of sp³-hybridized carbons (Fsp3) is 0.258. The van der Waals surface area contributed by atoms with Crippen LogP contribution in [0.5, 0.6) is 5.75 Å². The first kappa shape index (κ1) is 28.2. The normalized spacial score (nSPS) is 13.3. The molecule has 1 saturated carbocycles. The minimum Gasteiger partial charge on any atom is -0.497 e. The van der Waals surface area contributed by atoms with Crippen LogP contribution in [-0.2, 0) is 13.0 Å². The molecule has 1 amide bonds. The molecule has 9 nitrogen and oxygen atoms in total. The molecule has 9 heteroatoms. The number of hydrogen-bond donors (Lipinski definition) is 5. The average molecular weight is 540 g/mol. The van der Waals surface area contributed by atoms with Crippen molar-refractivity contribution in [2.24, 2.45) is 9.98 Å². The van der Waals surface area contributed by atoms with Crippen molar-refractivity contribution in [3.05, 3.63) is 102 Å². The number of nitrogens with two attached hydrogens (primary N) is 1. The number of hydrogen-bond acceptors (Lipinski definition) is 6. The van der Waals surface area contributed by atoms with Gasteiger partial charge in [-0.25, -0.2) is 4.99 Å². The van der Waals surface area contributed by atoms with E-state index in [1.165, 1.54) is 5.56 Å². The quantitative estimate of drug-likeness (QED) is 0.139. The van der Waals surface area contributed by atoms with E-state index in [0.717, 1.165) is 36.4 Å². The Labute approximate surface area is 235 Å². The second-order valence-electron chi connectivity index (χ2n) is 9.61. The topological polar surface area (TPSA) is 125 Å². The van der Waals surface area contributed by atoms with Crippen LogP contribution in [0.25, 0.3) is 0 Å². The number of amides is 1. The van der Waals surface area contributed by atoms with Gasteiger partial charge in [0, 0.05) is 12.1 Å². The summed E-state index contributed by atoms with van der Waals surface area (Å²) in [6.45, 7) is 7.13. The number of ether oxygens (including phenoxy) is 1. The third-order valence-corrected chi connectivity index (χ3v) is 6.22. The van der Waals surface area contributed by atoms with Crippen molar-refractivity contribution in [2.75, 3.05) is 24.7 Å². The van der Waals surface area contributed by atoms with Crippen molar-refractivity contribution in [3.8, 4) is 5.75 Å². The van der Waals surface area contributed by atoms with E-state index in [-0.39, 0.29) is 5.91 Å².